The van der Waals surface area contributed by atoms with Gasteiger partial charge in [-0.3, -0.25) is 0 Å². The van der Waals surface area contributed by atoms with Crippen molar-refractivity contribution in [2.24, 2.45) is 0 Å². The van der Waals surface area contributed by atoms with Crippen LogP contribution in [-0.4, -0.2) is 16.0 Å². The highest BCUT2D eigenvalue weighted by Crippen LogP contribution is 2.25. The summed E-state index contributed by atoms with van der Waals surface area (Å²) in [6, 6.07) is 14.4. The standard InChI is InChI=1S/C17H16FN3/c1-11(2)19-17-14-5-3-4-6-15(14)20-16(21-17)12-7-9-13(18)10-8-12/h3-11H,1-2H3,(H,19,20,21). The Labute approximate surface area is 122 Å². The molecule has 1 heterocycles. The molecule has 0 aliphatic carbocycles. The highest BCUT2D eigenvalue weighted by Gasteiger charge is 2.10. The summed E-state index contributed by atoms with van der Waals surface area (Å²) in [5.74, 6) is 1.13. The van der Waals surface area contributed by atoms with Crippen molar-refractivity contribution in [3.8, 4) is 11.4 Å². The molecule has 0 radical (unpaired) electrons. The molecule has 3 nitrogen and oxygen atoms in total. The van der Waals surface area contributed by atoms with E-state index in [1.807, 2.05) is 24.3 Å². The van der Waals surface area contributed by atoms with E-state index in [1.54, 1.807) is 12.1 Å². The minimum absolute atomic E-state index is 0.264. The minimum atomic E-state index is -0.264. The molecule has 3 rings (SSSR count). The van der Waals surface area contributed by atoms with Crippen LogP contribution in [0.3, 0.4) is 0 Å². The predicted octanol–water partition coefficient (Wildman–Crippen LogP) is 4.26. The molecule has 21 heavy (non-hydrogen) atoms. The van der Waals surface area contributed by atoms with Gasteiger partial charge in [0, 0.05) is 17.0 Å². The summed E-state index contributed by atoms with van der Waals surface area (Å²) in [5.41, 5.74) is 1.67. The smallest absolute Gasteiger partial charge is 0.162 e. The Hall–Kier alpha value is -2.49. The third-order valence-corrected chi connectivity index (χ3v) is 3.13. The van der Waals surface area contributed by atoms with E-state index in [-0.39, 0.29) is 11.9 Å². The van der Waals surface area contributed by atoms with Gasteiger partial charge >= 0.3 is 0 Å². The molecule has 3 aromatic rings. The van der Waals surface area contributed by atoms with Crippen LogP contribution < -0.4 is 5.32 Å². The molecule has 0 aliphatic heterocycles. The van der Waals surface area contributed by atoms with Crippen LogP contribution in [-0.2, 0) is 0 Å². The van der Waals surface area contributed by atoms with Gasteiger partial charge in [0.05, 0.1) is 5.52 Å². The number of fused-ring (bicyclic) bond motifs is 1. The number of hydrogen-bond donors (Lipinski definition) is 1. The second kappa shape index (κ2) is 5.48. The first-order chi connectivity index (χ1) is 10.1. The Kier molecular flexibility index (Phi) is 3.52. The third-order valence-electron chi connectivity index (χ3n) is 3.13. The maximum atomic E-state index is 13.1. The first kappa shape index (κ1) is 13.5. The van der Waals surface area contributed by atoms with Gasteiger partial charge in [-0.05, 0) is 50.2 Å². The van der Waals surface area contributed by atoms with E-state index in [2.05, 4.69) is 29.1 Å². The summed E-state index contributed by atoms with van der Waals surface area (Å²) < 4.78 is 13.1. The Balaban J connectivity index is 2.17. The van der Waals surface area contributed by atoms with Gasteiger partial charge < -0.3 is 5.32 Å². The number of nitrogens with zero attached hydrogens (tertiary/aromatic N) is 2. The molecular weight excluding hydrogens is 265 g/mol. The fourth-order valence-electron chi connectivity index (χ4n) is 2.19. The normalized spacial score (nSPS) is 11.0. The van der Waals surface area contributed by atoms with E-state index in [0.29, 0.717) is 5.82 Å². The SMILES string of the molecule is CC(C)Nc1nc(-c2ccc(F)cc2)nc2ccccc12. The van der Waals surface area contributed by atoms with Gasteiger partial charge in [0.1, 0.15) is 11.6 Å². The Morgan fingerprint density at radius 3 is 2.38 bits per heavy atom. The summed E-state index contributed by atoms with van der Waals surface area (Å²) in [7, 11) is 0. The van der Waals surface area contributed by atoms with Gasteiger partial charge in [-0.1, -0.05) is 12.1 Å². The van der Waals surface area contributed by atoms with Crippen molar-refractivity contribution in [3.63, 3.8) is 0 Å². The van der Waals surface area contributed by atoms with Crippen LogP contribution in [0.1, 0.15) is 13.8 Å². The average molecular weight is 281 g/mol. The van der Waals surface area contributed by atoms with E-state index < -0.39 is 0 Å². The largest absolute Gasteiger partial charge is 0.367 e. The van der Waals surface area contributed by atoms with E-state index in [0.717, 1.165) is 22.3 Å². The molecule has 0 spiro atoms. The van der Waals surface area contributed by atoms with Crippen LogP contribution in [0.25, 0.3) is 22.3 Å². The molecule has 0 saturated carbocycles. The number of aromatic nitrogens is 2. The van der Waals surface area contributed by atoms with Crippen LogP contribution in [0.15, 0.2) is 48.5 Å². The fraction of sp³-hybridized carbons (Fsp3) is 0.176. The molecule has 2 aromatic carbocycles. The monoisotopic (exact) mass is 281 g/mol. The molecule has 0 atom stereocenters. The predicted molar refractivity (Wildman–Crippen MR) is 83.7 cm³/mol. The second-order valence-corrected chi connectivity index (χ2v) is 5.22. The van der Waals surface area contributed by atoms with E-state index in [9.17, 15) is 4.39 Å². The maximum absolute atomic E-state index is 13.1. The molecule has 0 fully saturated rings. The van der Waals surface area contributed by atoms with Crippen molar-refractivity contribution in [1.82, 2.24) is 9.97 Å². The number of anilines is 1. The van der Waals surface area contributed by atoms with Crippen LogP contribution in [0.4, 0.5) is 10.2 Å². The maximum Gasteiger partial charge on any atom is 0.162 e. The van der Waals surface area contributed by atoms with Gasteiger partial charge in [0.25, 0.3) is 0 Å². The summed E-state index contributed by atoms with van der Waals surface area (Å²) in [5, 5.41) is 4.33. The lowest BCUT2D eigenvalue weighted by Crippen LogP contribution is -2.12. The highest BCUT2D eigenvalue weighted by molar-refractivity contribution is 5.90. The number of rotatable bonds is 3. The fourth-order valence-corrected chi connectivity index (χ4v) is 2.19. The van der Waals surface area contributed by atoms with Crippen molar-refractivity contribution < 1.29 is 4.39 Å². The molecule has 1 aromatic heterocycles. The number of hydrogen-bond acceptors (Lipinski definition) is 3. The Morgan fingerprint density at radius 1 is 0.952 bits per heavy atom. The lowest BCUT2D eigenvalue weighted by molar-refractivity contribution is 0.628. The molecule has 0 unspecified atom stereocenters. The molecule has 0 bridgehead atoms. The zero-order valence-electron chi connectivity index (χ0n) is 12.0. The van der Waals surface area contributed by atoms with Crippen molar-refractivity contribution in [2.45, 2.75) is 19.9 Å². The van der Waals surface area contributed by atoms with E-state index in [4.69, 9.17) is 0 Å². The molecule has 0 amide bonds. The van der Waals surface area contributed by atoms with Gasteiger partial charge in [0.15, 0.2) is 5.82 Å². The zero-order chi connectivity index (χ0) is 14.8. The first-order valence-corrected chi connectivity index (χ1v) is 6.93. The highest BCUT2D eigenvalue weighted by atomic mass is 19.1. The molecule has 106 valence electrons. The molecular formula is C17H16FN3. The molecule has 0 aliphatic rings. The quantitative estimate of drug-likeness (QED) is 0.779. The summed E-state index contributed by atoms with van der Waals surface area (Å²) in [6.45, 7) is 4.13. The summed E-state index contributed by atoms with van der Waals surface area (Å²) in [4.78, 5) is 9.17. The van der Waals surface area contributed by atoms with E-state index in [1.165, 1.54) is 12.1 Å². The summed E-state index contributed by atoms with van der Waals surface area (Å²) >= 11 is 0. The number of benzene rings is 2. The van der Waals surface area contributed by atoms with Crippen molar-refractivity contribution in [3.05, 3.63) is 54.3 Å². The van der Waals surface area contributed by atoms with Crippen LogP contribution >= 0.6 is 0 Å². The number of halogens is 1. The lowest BCUT2D eigenvalue weighted by Gasteiger charge is -2.13. The van der Waals surface area contributed by atoms with Gasteiger partial charge in [-0.25, -0.2) is 14.4 Å². The second-order valence-electron chi connectivity index (χ2n) is 5.22. The zero-order valence-corrected chi connectivity index (χ0v) is 12.0. The average Bonchev–Trinajstić information content (AvgIpc) is 2.47. The molecule has 4 heteroatoms. The van der Waals surface area contributed by atoms with Crippen molar-refractivity contribution in [1.29, 1.82) is 0 Å². The lowest BCUT2D eigenvalue weighted by atomic mass is 10.1. The molecule has 1 N–H and O–H groups in total. The Bertz CT molecular complexity index is 767. The summed E-state index contributed by atoms with van der Waals surface area (Å²) in [6.07, 6.45) is 0. The Morgan fingerprint density at radius 2 is 1.67 bits per heavy atom. The van der Waals surface area contributed by atoms with Gasteiger partial charge in [-0.2, -0.15) is 0 Å². The molecule has 0 saturated heterocycles. The van der Waals surface area contributed by atoms with Gasteiger partial charge in [0.2, 0.25) is 0 Å². The number of nitrogens with one attached hydrogen (secondary N) is 1. The van der Waals surface area contributed by atoms with Gasteiger partial charge in [-0.15, -0.1) is 0 Å². The first-order valence-electron chi connectivity index (χ1n) is 6.93. The number of para-hydroxylation sites is 1. The third kappa shape index (κ3) is 2.84. The van der Waals surface area contributed by atoms with E-state index >= 15 is 0 Å². The van der Waals surface area contributed by atoms with Crippen LogP contribution in [0.2, 0.25) is 0 Å². The van der Waals surface area contributed by atoms with Crippen LogP contribution in [0.5, 0.6) is 0 Å². The topological polar surface area (TPSA) is 37.8 Å². The van der Waals surface area contributed by atoms with Crippen LogP contribution in [0, 0.1) is 5.82 Å². The van der Waals surface area contributed by atoms with Crippen molar-refractivity contribution >= 4 is 16.7 Å². The minimum Gasteiger partial charge on any atom is -0.367 e. The van der Waals surface area contributed by atoms with Crippen molar-refractivity contribution in [2.75, 3.05) is 5.32 Å².